The van der Waals surface area contributed by atoms with Gasteiger partial charge in [0.25, 0.3) is 0 Å². The van der Waals surface area contributed by atoms with E-state index in [1.807, 2.05) is 29.0 Å². The molecule has 5 rings (SSSR count). The van der Waals surface area contributed by atoms with E-state index in [9.17, 15) is 9.90 Å². The molecule has 1 aromatic carbocycles. The number of rotatable bonds is 3. The van der Waals surface area contributed by atoms with E-state index in [-0.39, 0.29) is 11.7 Å². The van der Waals surface area contributed by atoms with E-state index in [0.717, 1.165) is 12.1 Å². The Morgan fingerprint density at radius 1 is 1.03 bits per heavy atom. The zero-order valence-corrected chi connectivity index (χ0v) is 15.4. The van der Waals surface area contributed by atoms with Crippen LogP contribution in [-0.4, -0.2) is 55.4 Å². The fourth-order valence-electron chi connectivity index (χ4n) is 3.38. The van der Waals surface area contributed by atoms with Gasteiger partial charge in [-0.1, -0.05) is 12.1 Å². The molecule has 0 saturated carbocycles. The molecule has 2 N–H and O–H groups in total. The van der Waals surface area contributed by atoms with E-state index in [1.165, 1.54) is 0 Å². The number of aromatic nitrogens is 5. The normalized spacial score (nSPS) is 14.5. The molecule has 9 nitrogen and oxygen atoms in total. The SMILES string of the molecule is O=C1CNCCN1c1cnc(-n2ccc3nnc(-c4ccccc4O)cc32)cn1. The summed E-state index contributed by atoms with van der Waals surface area (Å²) in [5.74, 6) is 1.25. The van der Waals surface area contributed by atoms with E-state index >= 15 is 0 Å². The molecule has 0 aliphatic carbocycles. The highest BCUT2D eigenvalue weighted by atomic mass is 16.3. The lowest BCUT2D eigenvalue weighted by molar-refractivity contribution is -0.118. The van der Waals surface area contributed by atoms with E-state index < -0.39 is 0 Å². The van der Waals surface area contributed by atoms with Crippen molar-refractivity contribution in [3.8, 4) is 22.8 Å². The lowest BCUT2D eigenvalue weighted by atomic mass is 10.1. The summed E-state index contributed by atoms with van der Waals surface area (Å²) >= 11 is 0. The Bertz CT molecular complexity index is 1200. The number of amides is 1. The largest absolute Gasteiger partial charge is 0.507 e. The highest BCUT2D eigenvalue weighted by Gasteiger charge is 2.20. The molecule has 0 unspecified atom stereocenters. The predicted octanol–water partition coefficient (Wildman–Crippen LogP) is 1.52. The minimum Gasteiger partial charge on any atom is -0.507 e. The van der Waals surface area contributed by atoms with Gasteiger partial charge in [0.2, 0.25) is 5.91 Å². The number of hydrogen-bond donors (Lipinski definition) is 2. The van der Waals surface area contributed by atoms with E-state index in [4.69, 9.17) is 0 Å². The fraction of sp³-hybridized carbons (Fsp3) is 0.150. The molecule has 0 radical (unpaired) electrons. The molecular formula is C20H17N7O2. The predicted molar refractivity (Wildman–Crippen MR) is 107 cm³/mol. The highest BCUT2D eigenvalue weighted by Crippen LogP contribution is 2.29. The molecule has 4 heterocycles. The maximum Gasteiger partial charge on any atom is 0.242 e. The number of benzene rings is 1. The van der Waals surface area contributed by atoms with Crippen LogP contribution in [0.15, 0.2) is 55.0 Å². The molecule has 1 aliphatic heterocycles. The van der Waals surface area contributed by atoms with Crippen molar-refractivity contribution in [1.29, 1.82) is 0 Å². The van der Waals surface area contributed by atoms with Crippen LogP contribution < -0.4 is 10.2 Å². The molecule has 1 fully saturated rings. The topological polar surface area (TPSA) is 109 Å². The van der Waals surface area contributed by atoms with Crippen LogP contribution in [0.1, 0.15) is 0 Å². The van der Waals surface area contributed by atoms with E-state index in [0.29, 0.717) is 41.5 Å². The molecule has 144 valence electrons. The smallest absolute Gasteiger partial charge is 0.242 e. The monoisotopic (exact) mass is 387 g/mol. The van der Waals surface area contributed by atoms with Gasteiger partial charge in [0, 0.05) is 24.8 Å². The molecule has 1 saturated heterocycles. The second kappa shape index (κ2) is 6.95. The molecule has 0 bridgehead atoms. The van der Waals surface area contributed by atoms with Gasteiger partial charge in [-0.2, -0.15) is 0 Å². The van der Waals surface area contributed by atoms with Crippen molar-refractivity contribution >= 4 is 22.8 Å². The zero-order chi connectivity index (χ0) is 19.8. The third-order valence-electron chi connectivity index (χ3n) is 4.86. The Hall–Kier alpha value is -3.85. The molecule has 3 aromatic heterocycles. The van der Waals surface area contributed by atoms with Crippen LogP contribution >= 0.6 is 0 Å². The summed E-state index contributed by atoms with van der Waals surface area (Å²) in [5, 5.41) is 21.6. The number of piperazine rings is 1. The Morgan fingerprint density at radius 2 is 1.86 bits per heavy atom. The van der Waals surface area contributed by atoms with Crippen molar-refractivity contribution in [2.24, 2.45) is 0 Å². The first kappa shape index (κ1) is 17.3. The Balaban J connectivity index is 1.52. The average molecular weight is 387 g/mol. The molecule has 0 spiro atoms. The van der Waals surface area contributed by atoms with Gasteiger partial charge in [-0.3, -0.25) is 14.3 Å². The maximum absolute atomic E-state index is 12.0. The molecule has 29 heavy (non-hydrogen) atoms. The standard InChI is InChI=1S/C20H17N7O2/c28-17-4-2-1-3-13(17)15-9-16-14(24-25-15)5-7-26(16)18-10-23-19(11-22-18)27-8-6-21-12-20(27)29/h1-5,7,9-11,21,28H,6,8,12H2. The first-order chi connectivity index (χ1) is 14.2. The number of fused-ring (bicyclic) bond motifs is 1. The molecular weight excluding hydrogens is 370 g/mol. The average Bonchev–Trinajstić information content (AvgIpc) is 3.18. The van der Waals surface area contributed by atoms with Crippen molar-refractivity contribution in [2.45, 2.75) is 0 Å². The van der Waals surface area contributed by atoms with Gasteiger partial charge in [0.1, 0.15) is 11.3 Å². The highest BCUT2D eigenvalue weighted by molar-refractivity contribution is 5.94. The van der Waals surface area contributed by atoms with Crippen molar-refractivity contribution in [3.63, 3.8) is 0 Å². The van der Waals surface area contributed by atoms with Gasteiger partial charge >= 0.3 is 0 Å². The van der Waals surface area contributed by atoms with Gasteiger partial charge in [-0.05, 0) is 24.3 Å². The quantitative estimate of drug-likeness (QED) is 0.548. The van der Waals surface area contributed by atoms with Gasteiger partial charge in [-0.15, -0.1) is 10.2 Å². The number of para-hydroxylation sites is 1. The molecule has 1 aliphatic rings. The first-order valence-electron chi connectivity index (χ1n) is 9.17. The van der Waals surface area contributed by atoms with E-state index in [1.54, 1.807) is 35.5 Å². The number of nitrogens with one attached hydrogen (secondary N) is 1. The lowest BCUT2D eigenvalue weighted by Crippen LogP contribution is -2.48. The van der Waals surface area contributed by atoms with Crippen LogP contribution in [0.5, 0.6) is 5.75 Å². The Kier molecular flexibility index (Phi) is 4.14. The number of nitrogens with zero attached hydrogens (tertiary/aromatic N) is 6. The van der Waals surface area contributed by atoms with Crippen LogP contribution in [0, 0.1) is 0 Å². The second-order valence-corrected chi connectivity index (χ2v) is 6.66. The van der Waals surface area contributed by atoms with Crippen molar-refractivity contribution in [3.05, 3.63) is 55.0 Å². The summed E-state index contributed by atoms with van der Waals surface area (Å²) in [4.78, 5) is 22.6. The van der Waals surface area contributed by atoms with Crippen LogP contribution in [0.3, 0.4) is 0 Å². The zero-order valence-electron chi connectivity index (χ0n) is 15.4. The first-order valence-corrected chi connectivity index (χ1v) is 9.17. The summed E-state index contributed by atoms with van der Waals surface area (Å²) in [5.41, 5.74) is 2.66. The van der Waals surface area contributed by atoms with Crippen LogP contribution in [0.2, 0.25) is 0 Å². The van der Waals surface area contributed by atoms with Gasteiger partial charge in [0.05, 0.1) is 30.1 Å². The molecule has 0 atom stereocenters. The fourth-order valence-corrected chi connectivity index (χ4v) is 3.38. The van der Waals surface area contributed by atoms with Crippen LogP contribution in [-0.2, 0) is 4.79 Å². The van der Waals surface area contributed by atoms with Gasteiger partial charge < -0.3 is 10.4 Å². The summed E-state index contributed by atoms with van der Waals surface area (Å²) in [6.45, 7) is 1.60. The maximum atomic E-state index is 12.0. The number of phenolic OH excluding ortho intramolecular Hbond substituents is 1. The van der Waals surface area contributed by atoms with Crippen LogP contribution in [0.4, 0.5) is 5.82 Å². The second-order valence-electron chi connectivity index (χ2n) is 6.66. The number of phenols is 1. The summed E-state index contributed by atoms with van der Waals surface area (Å²) in [6.07, 6.45) is 5.07. The Morgan fingerprint density at radius 3 is 2.66 bits per heavy atom. The third kappa shape index (κ3) is 3.07. The number of carbonyl (C=O) groups is 1. The number of aromatic hydroxyl groups is 1. The van der Waals surface area contributed by atoms with E-state index in [2.05, 4.69) is 25.5 Å². The summed E-state index contributed by atoms with van der Waals surface area (Å²) in [7, 11) is 0. The lowest BCUT2D eigenvalue weighted by Gasteiger charge is -2.26. The third-order valence-corrected chi connectivity index (χ3v) is 4.86. The molecule has 1 amide bonds. The van der Waals surface area contributed by atoms with Gasteiger partial charge in [0.15, 0.2) is 11.6 Å². The van der Waals surface area contributed by atoms with Crippen LogP contribution in [0.25, 0.3) is 28.1 Å². The Labute approximate surface area is 165 Å². The number of anilines is 1. The summed E-state index contributed by atoms with van der Waals surface area (Å²) in [6, 6.07) is 10.7. The van der Waals surface area contributed by atoms with Gasteiger partial charge in [-0.25, -0.2) is 9.97 Å². The van der Waals surface area contributed by atoms with Crippen molar-refractivity contribution in [1.82, 2.24) is 30.0 Å². The number of hydrogen-bond acceptors (Lipinski definition) is 7. The minimum atomic E-state index is -0.0210. The van der Waals surface area contributed by atoms with Crippen molar-refractivity contribution < 1.29 is 9.90 Å². The summed E-state index contributed by atoms with van der Waals surface area (Å²) < 4.78 is 1.85. The van der Waals surface area contributed by atoms with Crippen molar-refractivity contribution in [2.75, 3.05) is 24.5 Å². The molecule has 9 heteroatoms. The number of carbonyl (C=O) groups excluding carboxylic acids is 1. The minimum absolute atomic E-state index is 0.0210. The molecule has 4 aromatic rings.